The number of methoxy groups -OCH3 is 1. The Morgan fingerprint density at radius 2 is 2.17 bits per heavy atom. The van der Waals surface area contributed by atoms with Crippen molar-refractivity contribution in [1.82, 2.24) is 20.2 Å². The number of allylic oxidation sites excluding steroid dienone is 1. The molecule has 0 amide bonds. The van der Waals surface area contributed by atoms with Crippen molar-refractivity contribution in [2.24, 2.45) is 0 Å². The topological polar surface area (TPSA) is 91.2 Å². The number of esters is 1. The molecule has 8 heteroatoms. The Balaban J connectivity index is 2.13. The number of hydrogen-bond acceptors (Lipinski definition) is 7. The highest BCUT2D eigenvalue weighted by atomic mass is 16.5. The van der Waals surface area contributed by atoms with Gasteiger partial charge in [0.1, 0.15) is 11.8 Å². The van der Waals surface area contributed by atoms with Gasteiger partial charge in [0.2, 0.25) is 5.95 Å². The molecule has 0 saturated carbocycles. The third-order valence-electron chi connectivity index (χ3n) is 3.80. The molecular weight excluding hydrogens is 310 g/mol. The summed E-state index contributed by atoms with van der Waals surface area (Å²) >= 11 is 0. The van der Waals surface area contributed by atoms with E-state index in [-0.39, 0.29) is 5.97 Å². The molecule has 1 aliphatic rings. The number of nitrogens with zero attached hydrogens (tertiary/aromatic N) is 4. The normalized spacial score (nSPS) is 16.4. The Morgan fingerprint density at radius 1 is 1.38 bits per heavy atom. The molecule has 0 saturated heterocycles. The summed E-state index contributed by atoms with van der Waals surface area (Å²) in [6, 6.07) is 6.97. The first-order chi connectivity index (χ1) is 11.7. The number of para-hydroxylation sites is 1. The van der Waals surface area contributed by atoms with Gasteiger partial charge >= 0.3 is 5.97 Å². The van der Waals surface area contributed by atoms with Gasteiger partial charge in [0.05, 0.1) is 19.3 Å². The molecule has 1 atom stereocenters. The summed E-state index contributed by atoms with van der Waals surface area (Å²) in [6.07, 6.45) is 0.751. The maximum absolute atomic E-state index is 12.6. The number of aromatic nitrogens is 4. The van der Waals surface area contributed by atoms with Crippen LogP contribution in [0.5, 0.6) is 5.75 Å². The van der Waals surface area contributed by atoms with E-state index >= 15 is 0 Å². The number of hydrogen-bond donors (Lipinski definition) is 1. The number of carbonyl (C=O) groups excluding carboxylic acids is 1. The second-order valence-electron chi connectivity index (χ2n) is 5.39. The molecule has 3 rings (SSSR count). The van der Waals surface area contributed by atoms with Crippen LogP contribution in [0.3, 0.4) is 0 Å². The lowest BCUT2D eigenvalue weighted by Crippen LogP contribution is -2.30. The molecule has 24 heavy (non-hydrogen) atoms. The van der Waals surface area contributed by atoms with Gasteiger partial charge in [-0.05, 0) is 29.8 Å². The minimum atomic E-state index is -0.517. The number of tetrazole rings is 1. The quantitative estimate of drug-likeness (QED) is 0.838. The largest absolute Gasteiger partial charge is 0.496 e. The first-order valence-electron chi connectivity index (χ1n) is 7.73. The standard InChI is InChI=1S/C16H19N5O3/c1-4-9-24-15(22)13-10(2)17-16-18-19-20-21(16)14(13)11-7-5-6-8-12(11)23-3/h5-8,14H,4,9H2,1-3H3,(H,17,18,20)/t14-/m1/s1. The van der Waals surface area contributed by atoms with Crippen molar-refractivity contribution in [3.8, 4) is 5.75 Å². The lowest BCUT2D eigenvalue weighted by molar-refractivity contribution is -0.139. The van der Waals surface area contributed by atoms with Crippen LogP contribution >= 0.6 is 0 Å². The maximum atomic E-state index is 12.6. The summed E-state index contributed by atoms with van der Waals surface area (Å²) in [5, 5.41) is 14.7. The number of nitrogens with one attached hydrogen (secondary N) is 1. The zero-order chi connectivity index (χ0) is 17.1. The fourth-order valence-electron chi connectivity index (χ4n) is 2.73. The Morgan fingerprint density at radius 3 is 2.92 bits per heavy atom. The van der Waals surface area contributed by atoms with Crippen LogP contribution in [-0.2, 0) is 9.53 Å². The van der Waals surface area contributed by atoms with Gasteiger partial charge in [0.25, 0.3) is 0 Å². The van der Waals surface area contributed by atoms with Crippen LogP contribution in [-0.4, -0.2) is 39.9 Å². The van der Waals surface area contributed by atoms with Crippen molar-refractivity contribution in [2.45, 2.75) is 26.3 Å². The molecule has 1 N–H and O–H groups in total. The Bertz CT molecular complexity index is 784. The first-order valence-corrected chi connectivity index (χ1v) is 7.73. The van der Waals surface area contributed by atoms with Gasteiger partial charge in [-0.1, -0.05) is 30.2 Å². The number of fused-ring (bicyclic) bond motifs is 1. The first kappa shape index (κ1) is 16.0. The van der Waals surface area contributed by atoms with Gasteiger partial charge in [-0.2, -0.15) is 4.68 Å². The molecule has 2 heterocycles. The molecule has 1 aromatic carbocycles. The summed E-state index contributed by atoms with van der Waals surface area (Å²) in [4.78, 5) is 12.6. The van der Waals surface area contributed by atoms with Crippen molar-refractivity contribution in [3.05, 3.63) is 41.1 Å². The van der Waals surface area contributed by atoms with E-state index in [1.54, 1.807) is 11.8 Å². The van der Waals surface area contributed by atoms with Crippen molar-refractivity contribution in [1.29, 1.82) is 0 Å². The molecule has 8 nitrogen and oxygen atoms in total. The van der Waals surface area contributed by atoms with E-state index in [4.69, 9.17) is 9.47 Å². The minimum absolute atomic E-state index is 0.358. The predicted molar refractivity (Wildman–Crippen MR) is 86.5 cm³/mol. The average molecular weight is 329 g/mol. The van der Waals surface area contributed by atoms with Crippen LogP contribution in [0.1, 0.15) is 31.9 Å². The molecule has 1 aromatic heterocycles. The summed E-state index contributed by atoms with van der Waals surface area (Å²) < 4.78 is 12.4. The van der Waals surface area contributed by atoms with Gasteiger partial charge < -0.3 is 14.8 Å². The van der Waals surface area contributed by atoms with E-state index in [0.717, 1.165) is 12.0 Å². The van der Waals surface area contributed by atoms with Crippen LogP contribution in [0.15, 0.2) is 35.5 Å². The third kappa shape index (κ3) is 2.70. The Labute approximate surface area is 139 Å². The van der Waals surface area contributed by atoms with Gasteiger partial charge in [-0.3, -0.25) is 0 Å². The van der Waals surface area contributed by atoms with Crippen LogP contribution in [0, 0.1) is 0 Å². The fraction of sp³-hybridized carbons (Fsp3) is 0.375. The molecule has 1 aliphatic heterocycles. The van der Waals surface area contributed by atoms with Gasteiger partial charge in [-0.15, -0.1) is 0 Å². The molecule has 0 spiro atoms. The molecule has 126 valence electrons. The van der Waals surface area contributed by atoms with Gasteiger partial charge in [0, 0.05) is 11.3 Å². The Kier molecular flexibility index (Phi) is 4.45. The molecule has 0 radical (unpaired) electrons. The van der Waals surface area contributed by atoms with Crippen LogP contribution in [0.2, 0.25) is 0 Å². The second kappa shape index (κ2) is 6.69. The number of carbonyl (C=O) groups is 1. The van der Waals surface area contributed by atoms with Crippen molar-refractivity contribution in [3.63, 3.8) is 0 Å². The van der Waals surface area contributed by atoms with E-state index in [1.807, 2.05) is 38.1 Å². The number of ether oxygens (including phenoxy) is 2. The number of anilines is 1. The van der Waals surface area contributed by atoms with Crippen LogP contribution in [0.4, 0.5) is 5.95 Å². The molecule has 2 aromatic rings. The summed E-state index contributed by atoms with van der Waals surface area (Å²) in [5.41, 5.74) is 1.92. The minimum Gasteiger partial charge on any atom is -0.496 e. The van der Waals surface area contributed by atoms with E-state index in [0.29, 0.717) is 29.6 Å². The van der Waals surface area contributed by atoms with Crippen molar-refractivity contribution in [2.75, 3.05) is 19.0 Å². The average Bonchev–Trinajstić information content (AvgIpc) is 3.06. The van der Waals surface area contributed by atoms with E-state index in [9.17, 15) is 4.79 Å². The van der Waals surface area contributed by atoms with Crippen LogP contribution in [0.25, 0.3) is 0 Å². The number of benzene rings is 1. The Hall–Kier alpha value is -2.90. The second-order valence-corrected chi connectivity index (χ2v) is 5.39. The lowest BCUT2D eigenvalue weighted by Gasteiger charge is -2.28. The highest BCUT2D eigenvalue weighted by molar-refractivity contribution is 5.92. The highest BCUT2D eigenvalue weighted by Gasteiger charge is 2.36. The van der Waals surface area contributed by atoms with Crippen LogP contribution < -0.4 is 10.1 Å². The van der Waals surface area contributed by atoms with E-state index in [1.165, 1.54) is 0 Å². The predicted octanol–water partition coefficient (Wildman–Crippen LogP) is 1.92. The highest BCUT2D eigenvalue weighted by Crippen LogP contribution is 2.38. The van der Waals surface area contributed by atoms with E-state index in [2.05, 4.69) is 20.8 Å². The summed E-state index contributed by atoms with van der Waals surface area (Å²) in [7, 11) is 1.59. The third-order valence-corrected chi connectivity index (χ3v) is 3.80. The number of rotatable bonds is 5. The SMILES string of the molecule is CCCOC(=O)C1=C(C)Nc2nnnn2[C@@H]1c1ccccc1OC. The molecule has 0 aliphatic carbocycles. The lowest BCUT2D eigenvalue weighted by atomic mass is 9.95. The van der Waals surface area contributed by atoms with Crippen molar-refractivity contribution >= 4 is 11.9 Å². The monoisotopic (exact) mass is 329 g/mol. The summed E-state index contributed by atoms with van der Waals surface area (Å²) in [6.45, 7) is 4.12. The zero-order valence-corrected chi connectivity index (χ0v) is 13.8. The molecule has 0 fully saturated rings. The zero-order valence-electron chi connectivity index (χ0n) is 13.8. The smallest absolute Gasteiger partial charge is 0.338 e. The van der Waals surface area contributed by atoms with Gasteiger partial charge in [0.15, 0.2) is 0 Å². The van der Waals surface area contributed by atoms with Gasteiger partial charge in [-0.25, -0.2) is 4.79 Å². The van der Waals surface area contributed by atoms with Crippen molar-refractivity contribution < 1.29 is 14.3 Å². The molecule has 0 bridgehead atoms. The fourth-order valence-corrected chi connectivity index (χ4v) is 2.73. The molecular formula is C16H19N5O3. The summed E-state index contributed by atoms with van der Waals surface area (Å²) in [5.74, 6) is 0.730. The molecule has 0 unspecified atom stereocenters. The maximum Gasteiger partial charge on any atom is 0.338 e. The van der Waals surface area contributed by atoms with E-state index < -0.39 is 6.04 Å².